The van der Waals surface area contributed by atoms with Gasteiger partial charge in [-0.2, -0.15) is 4.98 Å². The van der Waals surface area contributed by atoms with Crippen LogP contribution < -0.4 is 0 Å². The number of hydrogen-bond acceptors (Lipinski definition) is 5. The van der Waals surface area contributed by atoms with Crippen LogP contribution in [0.3, 0.4) is 0 Å². The van der Waals surface area contributed by atoms with Gasteiger partial charge in [-0.3, -0.25) is 4.57 Å². The molecule has 0 saturated heterocycles. The summed E-state index contributed by atoms with van der Waals surface area (Å²) in [6, 6.07) is 3.47. The number of hydrogen-bond donors (Lipinski definition) is 2. The molecular formula is C14H14ClN3O2S. The molecule has 0 aliphatic carbocycles. The van der Waals surface area contributed by atoms with Crippen LogP contribution in [0, 0.1) is 0 Å². The predicted octanol–water partition coefficient (Wildman–Crippen LogP) is 3.46. The first-order valence-corrected chi connectivity index (χ1v) is 7.83. The van der Waals surface area contributed by atoms with E-state index >= 15 is 0 Å². The summed E-state index contributed by atoms with van der Waals surface area (Å²) in [5, 5.41) is 22.2. The zero-order chi connectivity index (χ0) is 15.0. The Morgan fingerprint density at radius 1 is 1.48 bits per heavy atom. The fraction of sp³-hybridized carbons (Fsp3) is 0.286. The lowest BCUT2D eigenvalue weighted by Gasteiger charge is -2.17. The van der Waals surface area contributed by atoms with Gasteiger partial charge in [-0.25, -0.2) is 4.98 Å². The number of nitrogens with zero attached hydrogens (tertiary/aromatic N) is 3. The average Bonchev–Trinajstić information content (AvgIpc) is 3.09. The van der Waals surface area contributed by atoms with Gasteiger partial charge < -0.3 is 10.2 Å². The van der Waals surface area contributed by atoms with Crippen molar-refractivity contribution in [2.24, 2.45) is 0 Å². The van der Waals surface area contributed by atoms with Crippen molar-refractivity contribution in [1.29, 1.82) is 0 Å². The molecule has 3 aromatic heterocycles. The van der Waals surface area contributed by atoms with E-state index in [1.54, 1.807) is 15.9 Å². The molecule has 21 heavy (non-hydrogen) atoms. The van der Waals surface area contributed by atoms with Crippen LogP contribution in [0.15, 0.2) is 23.7 Å². The fourth-order valence-corrected chi connectivity index (χ4v) is 3.50. The molecule has 3 rings (SSSR count). The normalized spacial score (nSPS) is 12.9. The Kier molecular flexibility index (Phi) is 3.84. The third-order valence-electron chi connectivity index (χ3n) is 3.46. The number of aliphatic hydroxyl groups is 1. The number of pyridine rings is 1. The maximum Gasteiger partial charge on any atom is 0.296 e. The highest BCUT2D eigenvalue weighted by Crippen LogP contribution is 2.39. The third kappa shape index (κ3) is 2.29. The first-order valence-electron chi connectivity index (χ1n) is 6.57. The Balaban J connectivity index is 2.38. The zero-order valence-electron chi connectivity index (χ0n) is 11.3. The van der Waals surface area contributed by atoms with Gasteiger partial charge in [0.15, 0.2) is 5.65 Å². The summed E-state index contributed by atoms with van der Waals surface area (Å²) in [7, 11) is 0. The van der Waals surface area contributed by atoms with Crippen molar-refractivity contribution in [1.82, 2.24) is 14.5 Å². The van der Waals surface area contributed by atoms with E-state index in [4.69, 9.17) is 11.6 Å². The number of aliphatic hydroxyl groups excluding tert-OH is 1. The SMILES string of the molecule is CC[C@@H](CO)n1c(O)nc2ncc(Cl)c(-c3cccs3)c21. The molecule has 0 radical (unpaired) electrons. The smallest absolute Gasteiger partial charge is 0.296 e. The Bertz CT molecular complexity index is 766. The van der Waals surface area contributed by atoms with Crippen molar-refractivity contribution < 1.29 is 10.2 Å². The summed E-state index contributed by atoms with van der Waals surface area (Å²) in [6.07, 6.45) is 2.20. The van der Waals surface area contributed by atoms with Gasteiger partial charge in [0.25, 0.3) is 6.01 Å². The molecule has 0 spiro atoms. The molecule has 3 aromatic rings. The standard InChI is InChI=1S/C14H14ClN3O2S/c1-2-8(7-19)18-12-11(10-4-3-5-21-10)9(15)6-16-13(12)17-14(18)20/h3-6,8,19H,2,7H2,1H3,(H,16,17,20)/t8-/m0/s1. The fourth-order valence-electron chi connectivity index (χ4n) is 2.42. The summed E-state index contributed by atoms with van der Waals surface area (Å²) in [5.74, 6) is 0. The van der Waals surface area contributed by atoms with E-state index in [9.17, 15) is 10.2 Å². The van der Waals surface area contributed by atoms with Crippen molar-refractivity contribution in [3.05, 3.63) is 28.7 Å². The Morgan fingerprint density at radius 3 is 2.90 bits per heavy atom. The minimum atomic E-state index is -0.269. The molecule has 0 amide bonds. The summed E-state index contributed by atoms with van der Waals surface area (Å²) < 4.78 is 1.61. The van der Waals surface area contributed by atoms with Crippen LogP contribution in [-0.4, -0.2) is 31.4 Å². The van der Waals surface area contributed by atoms with Gasteiger partial charge in [0.05, 0.1) is 17.7 Å². The topological polar surface area (TPSA) is 71.2 Å². The Morgan fingerprint density at radius 2 is 2.29 bits per heavy atom. The number of aromatic nitrogens is 3. The maximum absolute atomic E-state index is 10.1. The molecule has 1 atom stereocenters. The van der Waals surface area contributed by atoms with Crippen LogP contribution in [0.2, 0.25) is 5.02 Å². The Hall–Kier alpha value is -1.63. The minimum Gasteiger partial charge on any atom is -0.480 e. The lowest BCUT2D eigenvalue weighted by atomic mass is 10.1. The second-order valence-corrected chi connectivity index (χ2v) is 6.01. The summed E-state index contributed by atoms with van der Waals surface area (Å²) in [5.41, 5.74) is 1.87. The van der Waals surface area contributed by atoms with Crippen LogP contribution in [0.4, 0.5) is 0 Å². The summed E-state index contributed by atoms with van der Waals surface area (Å²) >= 11 is 7.88. The molecule has 0 bridgehead atoms. The van der Waals surface area contributed by atoms with Crippen LogP contribution >= 0.6 is 22.9 Å². The van der Waals surface area contributed by atoms with E-state index in [0.717, 1.165) is 10.4 Å². The maximum atomic E-state index is 10.1. The van der Waals surface area contributed by atoms with E-state index in [1.165, 1.54) is 6.20 Å². The molecule has 3 heterocycles. The van der Waals surface area contributed by atoms with Crippen molar-refractivity contribution in [2.75, 3.05) is 6.61 Å². The first kappa shape index (κ1) is 14.3. The van der Waals surface area contributed by atoms with E-state index in [1.807, 2.05) is 24.4 Å². The number of halogens is 1. The third-order valence-corrected chi connectivity index (χ3v) is 4.64. The van der Waals surface area contributed by atoms with Gasteiger partial charge in [0.2, 0.25) is 0 Å². The minimum absolute atomic E-state index is 0.0914. The van der Waals surface area contributed by atoms with Gasteiger partial charge in [0, 0.05) is 16.6 Å². The van der Waals surface area contributed by atoms with E-state index in [-0.39, 0.29) is 18.7 Å². The lowest BCUT2D eigenvalue weighted by molar-refractivity contribution is 0.216. The largest absolute Gasteiger partial charge is 0.480 e. The number of imidazole rings is 1. The average molecular weight is 324 g/mol. The van der Waals surface area contributed by atoms with Crippen LogP contribution in [0.5, 0.6) is 6.01 Å². The van der Waals surface area contributed by atoms with Gasteiger partial charge in [0.1, 0.15) is 5.52 Å². The zero-order valence-corrected chi connectivity index (χ0v) is 12.9. The molecule has 0 unspecified atom stereocenters. The predicted molar refractivity (Wildman–Crippen MR) is 83.9 cm³/mol. The molecule has 5 nitrogen and oxygen atoms in total. The first-order chi connectivity index (χ1) is 10.2. The Labute approximate surface area is 130 Å². The van der Waals surface area contributed by atoms with Gasteiger partial charge in [-0.15, -0.1) is 11.3 Å². The van der Waals surface area contributed by atoms with Gasteiger partial charge in [-0.05, 0) is 17.9 Å². The van der Waals surface area contributed by atoms with Crippen molar-refractivity contribution in [3.63, 3.8) is 0 Å². The molecule has 7 heteroatoms. The molecule has 0 aromatic carbocycles. The lowest BCUT2D eigenvalue weighted by Crippen LogP contribution is -2.12. The number of thiophene rings is 1. The van der Waals surface area contributed by atoms with E-state index in [0.29, 0.717) is 22.6 Å². The number of rotatable bonds is 4. The van der Waals surface area contributed by atoms with Gasteiger partial charge >= 0.3 is 0 Å². The van der Waals surface area contributed by atoms with Crippen molar-refractivity contribution >= 4 is 34.1 Å². The second kappa shape index (κ2) is 5.63. The van der Waals surface area contributed by atoms with Gasteiger partial charge in [-0.1, -0.05) is 24.6 Å². The highest BCUT2D eigenvalue weighted by molar-refractivity contribution is 7.13. The highest BCUT2D eigenvalue weighted by atomic mass is 35.5. The summed E-state index contributed by atoms with van der Waals surface area (Å²) in [4.78, 5) is 9.24. The second-order valence-electron chi connectivity index (χ2n) is 4.66. The molecule has 0 saturated carbocycles. The monoisotopic (exact) mass is 323 g/mol. The van der Waals surface area contributed by atoms with Crippen LogP contribution in [0.1, 0.15) is 19.4 Å². The number of aromatic hydroxyl groups is 1. The number of fused-ring (bicyclic) bond motifs is 1. The molecule has 110 valence electrons. The van der Waals surface area contributed by atoms with Crippen LogP contribution in [-0.2, 0) is 0 Å². The molecule has 0 aliphatic heterocycles. The van der Waals surface area contributed by atoms with Crippen molar-refractivity contribution in [2.45, 2.75) is 19.4 Å². The molecule has 0 fully saturated rings. The van der Waals surface area contributed by atoms with E-state index in [2.05, 4.69) is 9.97 Å². The van der Waals surface area contributed by atoms with E-state index < -0.39 is 0 Å². The quantitative estimate of drug-likeness (QED) is 0.771. The van der Waals surface area contributed by atoms with Crippen molar-refractivity contribution in [3.8, 4) is 16.5 Å². The highest BCUT2D eigenvalue weighted by Gasteiger charge is 2.23. The molecule has 2 N–H and O–H groups in total. The van der Waals surface area contributed by atoms with Crippen LogP contribution in [0.25, 0.3) is 21.6 Å². The molecule has 0 aliphatic rings. The molecular weight excluding hydrogens is 310 g/mol. The summed E-state index contributed by atoms with van der Waals surface area (Å²) in [6.45, 7) is 1.85.